The van der Waals surface area contributed by atoms with Crippen LogP contribution in [0.25, 0.3) is 0 Å². The minimum absolute atomic E-state index is 0.147. The lowest BCUT2D eigenvalue weighted by atomic mass is 10.1. The van der Waals surface area contributed by atoms with Crippen molar-refractivity contribution in [2.45, 2.75) is 6.42 Å². The summed E-state index contributed by atoms with van der Waals surface area (Å²) in [7, 11) is 1.64. The smallest absolute Gasteiger partial charge is 0.148 e. The van der Waals surface area contributed by atoms with E-state index in [1.54, 1.807) is 19.2 Å². The third-order valence-corrected chi connectivity index (χ3v) is 3.50. The predicted octanol–water partition coefficient (Wildman–Crippen LogP) is 3.83. The molecule has 2 rings (SSSR count). The van der Waals surface area contributed by atoms with E-state index in [1.807, 2.05) is 18.2 Å². The van der Waals surface area contributed by atoms with Crippen LogP contribution >= 0.6 is 15.9 Å². The van der Waals surface area contributed by atoms with Crippen molar-refractivity contribution in [3.8, 4) is 5.75 Å². The van der Waals surface area contributed by atoms with Gasteiger partial charge in [-0.25, -0.2) is 4.39 Å². The molecule has 0 fully saturated rings. The summed E-state index contributed by atoms with van der Waals surface area (Å²) in [5.41, 5.74) is 7.50. The molecule has 0 bridgehead atoms. The molecular weight excluding hydrogens is 323 g/mol. The molecule has 3 N–H and O–H groups in total. The standard InChI is InChI=1S/C15H16BrFN2O/c1-20-14-6-5-11(16)9-10(14)7-8-19-13-4-2-3-12(17)15(13)18/h2-6,9,19H,7-8,18H2,1H3. The van der Waals surface area contributed by atoms with Crippen molar-refractivity contribution in [3.05, 3.63) is 52.3 Å². The molecule has 0 aromatic heterocycles. The van der Waals surface area contributed by atoms with E-state index in [9.17, 15) is 4.39 Å². The molecule has 0 saturated heterocycles. The molecule has 2 aromatic rings. The lowest BCUT2D eigenvalue weighted by Crippen LogP contribution is -2.08. The summed E-state index contributed by atoms with van der Waals surface area (Å²) in [6.07, 6.45) is 0.749. The van der Waals surface area contributed by atoms with E-state index in [-0.39, 0.29) is 5.69 Å². The average Bonchev–Trinajstić information content (AvgIpc) is 2.44. The third-order valence-electron chi connectivity index (χ3n) is 3.01. The number of nitrogens with two attached hydrogens (primary N) is 1. The van der Waals surface area contributed by atoms with Gasteiger partial charge in [-0.3, -0.25) is 0 Å². The fourth-order valence-corrected chi connectivity index (χ4v) is 2.37. The highest BCUT2D eigenvalue weighted by Crippen LogP contribution is 2.24. The fourth-order valence-electron chi connectivity index (χ4n) is 1.97. The Labute approximate surface area is 126 Å². The largest absolute Gasteiger partial charge is 0.496 e. The van der Waals surface area contributed by atoms with Crippen LogP contribution < -0.4 is 15.8 Å². The topological polar surface area (TPSA) is 47.3 Å². The molecule has 3 nitrogen and oxygen atoms in total. The zero-order chi connectivity index (χ0) is 14.5. The Morgan fingerprint density at radius 1 is 1.30 bits per heavy atom. The number of benzene rings is 2. The summed E-state index contributed by atoms with van der Waals surface area (Å²) in [4.78, 5) is 0. The van der Waals surface area contributed by atoms with Crippen molar-refractivity contribution in [3.63, 3.8) is 0 Å². The van der Waals surface area contributed by atoms with Crippen molar-refractivity contribution in [2.75, 3.05) is 24.7 Å². The quantitative estimate of drug-likeness (QED) is 0.814. The van der Waals surface area contributed by atoms with Gasteiger partial charge in [-0.05, 0) is 42.3 Å². The number of nitrogen functional groups attached to an aromatic ring is 1. The molecule has 106 valence electrons. The number of hydrogen-bond donors (Lipinski definition) is 2. The molecule has 20 heavy (non-hydrogen) atoms. The van der Waals surface area contributed by atoms with Crippen LogP contribution in [0.3, 0.4) is 0 Å². The lowest BCUT2D eigenvalue weighted by Gasteiger charge is -2.12. The van der Waals surface area contributed by atoms with Crippen LogP contribution in [0.1, 0.15) is 5.56 Å². The summed E-state index contributed by atoms with van der Waals surface area (Å²) in [5.74, 6) is 0.428. The first-order chi connectivity index (χ1) is 9.61. The highest BCUT2D eigenvalue weighted by Gasteiger charge is 2.06. The molecule has 0 aliphatic rings. The molecule has 0 aliphatic heterocycles. The van der Waals surface area contributed by atoms with Gasteiger partial charge >= 0.3 is 0 Å². The van der Waals surface area contributed by atoms with Crippen LogP contribution in [0.15, 0.2) is 40.9 Å². The van der Waals surface area contributed by atoms with Gasteiger partial charge in [0.1, 0.15) is 11.6 Å². The van der Waals surface area contributed by atoms with Gasteiger partial charge in [0.05, 0.1) is 18.5 Å². The van der Waals surface area contributed by atoms with Gasteiger partial charge in [0.15, 0.2) is 0 Å². The first-order valence-electron chi connectivity index (χ1n) is 6.22. The molecule has 0 amide bonds. The minimum atomic E-state index is -0.407. The van der Waals surface area contributed by atoms with Gasteiger partial charge in [0.25, 0.3) is 0 Å². The maximum Gasteiger partial charge on any atom is 0.148 e. The molecule has 0 spiro atoms. The number of hydrogen-bond acceptors (Lipinski definition) is 3. The number of nitrogens with one attached hydrogen (secondary N) is 1. The van der Waals surface area contributed by atoms with Crippen LogP contribution in [0.4, 0.5) is 15.8 Å². The Morgan fingerprint density at radius 2 is 2.10 bits per heavy atom. The van der Waals surface area contributed by atoms with Crippen LogP contribution in [0, 0.1) is 5.82 Å². The van der Waals surface area contributed by atoms with Crippen molar-refractivity contribution < 1.29 is 9.13 Å². The van der Waals surface area contributed by atoms with Crippen molar-refractivity contribution in [1.82, 2.24) is 0 Å². The van der Waals surface area contributed by atoms with E-state index >= 15 is 0 Å². The molecule has 0 heterocycles. The van der Waals surface area contributed by atoms with Gasteiger partial charge in [-0.2, -0.15) is 0 Å². The van der Waals surface area contributed by atoms with Gasteiger partial charge in [0, 0.05) is 11.0 Å². The van der Waals surface area contributed by atoms with E-state index in [4.69, 9.17) is 10.5 Å². The Balaban J connectivity index is 2.03. The summed E-state index contributed by atoms with van der Waals surface area (Å²) >= 11 is 3.44. The van der Waals surface area contributed by atoms with Crippen LogP contribution in [0.5, 0.6) is 5.75 Å². The molecule has 5 heteroatoms. The number of halogens is 2. The number of rotatable bonds is 5. The van der Waals surface area contributed by atoms with Crippen molar-refractivity contribution in [1.29, 1.82) is 0 Å². The van der Waals surface area contributed by atoms with Gasteiger partial charge in [0.2, 0.25) is 0 Å². The van der Waals surface area contributed by atoms with E-state index < -0.39 is 5.82 Å². The fraction of sp³-hybridized carbons (Fsp3) is 0.200. The summed E-state index contributed by atoms with van der Waals surface area (Å²) in [6, 6.07) is 10.6. The van der Waals surface area contributed by atoms with Crippen LogP contribution in [-0.2, 0) is 6.42 Å². The van der Waals surface area contributed by atoms with E-state index in [2.05, 4.69) is 21.2 Å². The minimum Gasteiger partial charge on any atom is -0.496 e. The number of anilines is 2. The van der Waals surface area contributed by atoms with E-state index in [1.165, 1.54) is 6.07 Å². The van der Waals surface area contributed by atoms with E-state index in [0.717, 1.165) is 22.2 Å². The molecule has 2 aromatic carbocycles. The maximum atomic E-state index is 13.3. The SMILES string of the molecule is COc1ccc(Br)cc1CCNc1cccc(F)c1N. The summed E-state index contributed by atoms with van der Waals surface area (Å²) in [6.45, 7) is 0.639. The summed E-state index contributed by atoms with van der Waals surface area (Å²) in [5, 5.41) is 3.14. The van der Waals surface area contributed by atoms with Crippen molar-refractivity contribution in [2.24, 2.45) is 0 Å². The normalized spacial score (nSPS) is 10.3. The van der Waals surface area contributed by atoms with E-state index in [0.29, 0.717) is 12.2 Å². The molecule has 0 radical (unpaired) electrons. The third kappa shape index (κ3) is 3.42. The Morgan fingerprint density at radius 3 is 2.85 bits per heavy atom. The zero-order valence-electron chi connectivity index (χ0n) is 11.1. The Kier molecular flexibility index (Phi) is 4.84. The molecule has 0 atom stereocenters. The Bertz CT molecular complexity index is 604. The number of methoxy groups -OCH3 is 1. The van der Waals surface area contributed by atoms with Crippen LogP contribution in [-0.4, -0.2) is 13.7 Å². The maximum absolute atomic E-state index is 13.3. The van der Waals surface area contributed by atoms with Crippen LogP contribution in [0.2, 0.25) is 0 Å². The van der Waals surface area contributed by atoms with Gasteiger partial charge in [-0.1, -0.05) is 22.0 Å². The first kappa shape index (κ1) is 14.7. The number of ether oxygens (including phenoxy) is 1. The molecule has 0 saturated carbocycles. The lowest BCUT2D eigenvalue weighted by molar-refractivity contribution is 0.410. The number of para-hydroxylation sites is 1. The monoisotopic (exact) mass is 338 g/mol. The average molecular weight is 339 g/mol. The highest BCUT2D eigenvalue weighted by molar-refractivity contribution is 9.10. The molecule has 0 unspecified atom stereocenters. The first-order valence-corrected chi connectivity index (χ1v) is 7.01. The second-order valence-corrected chi connectivity index (χ2v) is 5.25. The molecular formula is C15H16BrFN2O. The second-order valence-electron chi connectivity index (χ2n) is 4.33. The zero-order valence-corrected chi connectivity index (χ0v) is 12.7. The predicted molar refractivity (Wildman–Crippen MR) is 83.7 cm³/mol. The van der Waals surface area contributed by atoms with Gasteiger partial charge < -0.3 is 15.8 Å². The second kappa shape index (κ2) is 6.61. The summed E-state index contributed by atoms with van der Waals surface area (Å²) < 4.78 is 19.6. The molecule has 0 aliphatic carbocycles. The Hall–Kier alpha value is -1.75. The van der Waals surface area contributed by atoms with Gasteiger partial charge in [-0.15, -0.1) is 0 Å². The highest BCUT2D eigenvalue weighted by atomic mass is 79.9. The van der Waals surface area contributed by atoms with Crippen molar-refractivity contribution >= 4 is 27.3 Å².